The van der Waals surface area contributed by atoms with Gasteiger partial charge in [0.25, 0.3) is 11.8 Å². The van der Waals surface area contributed by atoms with E-state index in [1.807, 2.05) is 31.1 Å². The summed E-state index contributed by atoms with van der Waals surface area (Å²) in [7, 11) is 3.86. The fourth-order valence-electron chi connectivity index (χ4n) is 3.63. The standard InChI is InChI=1S/C29H24N6O3/c1-35(2)26-17-9-22(10-18-26)29(38)32-24-13-5-20(6-14-24)27(36)19-3-11-23(12-4-19)31-28(37)21-7-15-25(16-8-21)33-34-30/h3-18H,1-2H3,(H,31,37)(H,32,38). The van der Waals surface area contributed by atoms with Crippen molar-refractivity contribution < 1.29 is 14.4 Å². The molecule has 0 aliphatic rings. The van der Waals surface area contributed by atoms with Gasteiger partial charge in [0.15, 0.2) is 5.78 Å². The summed E-state index contributed by atoms with van der Waals surface area (Å²) >= 11 is 0. The maximum atomic E-state index is 12.9. The molecule has 4 aromatic carbocycles. The number of nitrogens with one attached hydrogen (secondary N) is 2. The van der Waals surface area contributed by atoms with Crippen LogP contribution in [0, 0.1) is 0 Å². The van der Waals surface area contributed by atoms with E-state index in [4.69, 9.17) is 5.53 Å². The monoisotopic (exact) mass is 504 g/mol. The molecule has 188 valence electrons. The average Bonchev–Trinajstić information content (AvgIpc) is 2.94. The van der Waals surface area contributed by atoms with Crippen molar-refractivity contribution in [1.82, 2.24) is 0 Å². The summed E-state index contributed by atoms with van der Waals surface area (Å²) in [6, 6.07) is 26.7. The Labute approximate surface area is 219 Å². The van der Waals surface area contributed by atoms with Gasteiger partial charge in [-0.3, -0.25) is 14.4 Å². The highest BCUT2D eigenvalue weighted by Gasteiger charge is 2.12. The zero-order chi connectivity index (χ0) is 27.1. The van der Waals surface area contributed by atoms with Gasteiger partial charge in [-0.15, -0.1) is 0 Å². The SMILES string of the molecule is CN(C)c1ccc(C(=O)Nc2ccc(C(=O)c3ccc(NC(=O)c4ccc(N=[N+]=[N-])cc4)cc3)cc2)cc1. The Morgan fingerprint density at radius 1 is 0.632 bits per heavy atom. The third-order valence-corrected chi connectivity index (χ3v) is 5.75. The molecule has 0 bridgehead atoms. The second-order valence-corrected chi connectivity index (χ2v) is 8.57. The molecule has 0 saturated carbocycles. The molecule has 0 aromatic heterocycles. The summed E-state index contributed by atoms with van der Waals surface area (Å²) in [4.78, 5) is 42.6. The van der Waals surface area contributed by atoms with Crippen LogP contribution in [0.2, 0.25) is 0 Å². The van der Waals surface area contributed by atoms with Crippen molar-refractivity contribution in [3.05, 3.63) is 130 Å². The molecule has 0 heterocycles. The molecular weight excluding hydrogens is 480 g/mol. The van der Waals surface area contributed by atoms with E-state index < -0.39 is 0 Å². The van der Waals surface area contributed by atoms with Crippen LogP contribution in [0.25, 0.3) is 10.4 Å². The van der Waals surface area contributed by atoms with Gasteiger partial charge in [-0.25, -0.2) is 0 Å². The van der Waals surface area contributed by atoms with Crippen LogP contribution in [0.5, 0.6) is 0 Å². The molecule has 4 rings (SSSR count). The van der Waals surface area contributed by atoms with Crippen LogP contribution < -0.4 is 15.5 Å². The maximum absolute atomic E-state index is 12.9. The van der Waals surface area contributed by atoms with Crippen LogP contribution >= 0.6 is 0 Å². The van der Waals surface area contributed by atoms with E-state index >= 15 is 0 Å². The number of azide groups is 1. The average molecular weight is 505 g/mol. The molecule has 0 aliphatic carbocycles. The third-order valence-electron chi connectivity index (χ3n) is 5.75. The summed E-state index contributed by atoms with van der Waals surface area (Å²) in [6.07, 6.45) is 0. The number of amides is 2. The van der Waals surface area contributed by atoms with Crippen LogP contribution in [0.3, 0.4) is 0 Å². The van der Waals surface area contributed by atoms with E-state index in [-0.39, 0.29) is 17.6 Å². The molecule has 0 fully saturated rings. The summed E-state index contributed by atoms with van der Waals surface area (Å²) in [5, 5.41) is 9.08. The minimum atomic E-state index is -0.331. The van der Waals surface area contributed by atoms with Gasteiger partial charge >= 0.3 is 0 Å². The van der Waals surface area contributed by atoms with Crippen LogP contribution in [0.1, 0.15) is 36.6 Å². The number of benzene rings is 4. The zero-order valence-electron chi connectivity index (χ0n) is 20.8. The van der Waals surface area contributed by atoms with Crippen molar-refractivity contribution in [3.8, 4) is 0 Å². The maximum Gasteiger partial charge on any atom is 0.255 e. The lowest BCUT2D eigenvalue weighted by Gasteiger charge is -2.12. The van der Waals surface area contributed by atoms with Gasteiger partial charge in [-0.2, -0.15) is 0 Å². The number of hydrogen-bond donors (Lipinski definition) is 2. The number of nitrogens with zero attached hydrogens (tertiary/aromatic N) is 4. The molecule has 2 amide bonds. The molecule has 0 spiro atoms. The van der Waals surface area contributed by atoms with Crippen LogP contribution in [0.4, 0.5) is 22.7 Å². The van der Waals surface area contributed by atoms with Crippen LogP contribution in [-0.4, -0.2) is 31.7 Å². The minimum absolute atomic E-state index is 0.186. The van der Waals surface area contributed by atoms with Gasteiger partial charge in [-0.1, -0.05) is 17.2 Å². The number of ketones is 1. The van der Waals surface area contributed by atoms with E-state index in [1.54, 1.807) is 84.9 Å². The van der Waals surface area contributed by atoms with E-state index in [1.165, 1.54) is 0 Å². The van der Waals surface area contributed by atoms with Crippen LogP contribution in [-0.2, 0) is 0 Å². The molecule has 0 unspecified atom stereocenters. The van der Waals surface area contributed by atoms with Gasteiger partial charge in [0.2, 0.25) is 0 Å². The van der Waals surface area contributed by atoms with Crippen molar-refractivity contribution in [1.29, 1.82) is 0 Å². The first-order valence-electron chi connectivity index (χ1n) is 11.6. The Morgan fingerprint density at radius 2 is 1.03 bits per heavy atom. The number of hydrogen-bond acceptors (Lipinski definition) is 5. The van der Waals surface area contributed by atoms with Gasteiger partial charge in [0.05, 0.1) is 0 Å². The molecule has 38 heavy (non-hydrogen) atoms. The Morgan fingerprint density at radius 3 is 1.42 bits per heavy atom. The molecule has 9 heteroatoms. The second kappa shape index (κ2) is 11.6. The predicted molar refractivity (Wildman–Crippen MR) is 148 cm³/mol. The van der Waals surface area contributed by atoms with Crippen molar-refractivity contribution in [2.24, 2.45) is 5.11 Å². The molecule has 2 N–H and O–H groups in total. The van der Waals surface area contributed by atoms with Gasteiger partial charge < -0.3 is 15.5 Å². The normalized spacial score (nSPS) is 10.2. The Kier molecular flexibility index (Phi) is 7.81. The fraction of sp³-hybridized carbons (Fsp3) is 0.0690. The topological polar surface area (TPSA) is 127 Å². The molecule has 0 saturated heterocycles. The lowest BCUT2D eigenvalue weighted by Crippen LogP contribution is -2.13. The van der Waals surface area contributed by atoms with Crippen molar-refractivity contribution in [2.75, 3.05) is 29.6 Å². The largest absolute Gasteiger partial charge is 0.378 e. The quantitative estimate of drug-likeness (QED) is 0.124. The van der Waals surface area contributed by atoms with E-state index in [2.05, 4.69) is 20.7 Å². The minimum Gasteiger partial charge on any atom is -0.378 e. The molecule has 9 nitrogen and oxygen atoms in total. The van der Waals surface area contributed by atoms with E-state index in [0.29, 0.717) is 39.3 Å². The van der Waals surface area contributed by atoms with E-state index in [0.717, 1.165) is 5.69 Å². The van der Waals surface area contributed by atoms with Crippen molar-refractivity contribution in [2.45, 2.75) is 0 Å². The van der Waals surface area contributed by atoms with E-state index in [9.17, 15) is 14.4 Å². The molecule has 0 atom stereocenters. The molecule has 0 aliphatic heterocycles. The summed E-state index contributed by atoms with van der Waals surface area (Å²) < 4.78 is 0. The number of rotatable bonds is 8. The lowest BCUT2D eigenvalue weighted by atomic mass is 10.0. The number of carbonyl (C=O) groups is 3. The smallest absolute Gasteiger partial charge is 0.255 e. The number of carbonyl (C=O) groups excluding carboxylic acids is 3. The first kappa shape index (κ1) is 25.7. The van der Waals surface area contributed by atoms with Gasteiger partial charge in [-0.05, 0) is 90.5 Å². The molecule has 0 radical (unpaired) electrons. The highest BCUT2D eigenvalue weighted by molar-refractivity contribution is 6.10. The second-order valence-electron chi connectivity index (χ2n) is 8.57. The Hall–Kier alpha value is -5.40. The third kappa shape index (κ3) is 6.23. The van der Waals surface area contributed by atoms with Gasteiger partial charge in [0.1, 0.15) is 0 Å². The van der Waals surface area contributed by atoms with Gasteiger partial charge in [0, 0.05) is 64.0 Å². The highest BCUT2D eigenvalue weighted by atomic mass is 16.2. The number of anilines is 3. The van der Waals surface area contributed by atoms with Crippen molar-refractivity contribution in [3.63, 3.8) is 0 Å². The summed E-state index contributed by atoms with van der Waals surface area (Å²) in [5.41, 5.74) is 12.9. The fourth-order valence-corrected chi connectivity index (χ4v) is 3.63. The highest BCUT2D eigenvalue weighted by Crippen LogP contribution is 2.19. The summed E-state index contributed by atoms with van der Waals surface area (Å²) in [5.74, 6) is -0.755. The first-order chi connectivity index (χ1) is 18.3. The lowest BCUT2D eigenvalue weighted by molar-refractivity contribution is 0.101. The molecular formula is C29H24N6O3. The summed E-state index contributed by atoms with van der Waals surface area (Å²) in [6.45, 7) is 0. The van der Waals surface area contributed by atoms with Crippen molar-refractivity contribution >= 4 is 40.3 Å². The predicted octanol–water partition coefficient (Wildman–Crippen LogP) is 6.43. The molecule has 4 aromatic rings. The Bertz CT molecular complexity index is 1510. The zero-order valence-corrected chi connectivity index (χ0v) is 20.8. The first-order valence-corrected chi connectivity index (χ1v) is 11.6. The van der Waals surface area contributed by atoms with Crippen LogP contribution in [0.15, 0.2) is 102 Å². The Balaban J connectivity index is 1.36.